The fourth-order valence-electron chi connectivity index (χ4n) is 3.32. The molecule has 2 N–H and O–H groups in total. The van der Waals surface area contributed by atoms with E-state index in [9.17, 15) is 23.6 Å². The molecule has 2 aromatic rings. The lowest BCUT2D eigenvalue weighted by Gasteiger charge is -2.20. The number of halogens is 1. The van der Waals surface area contributed by atoms with Gasteiger partial charge in [0.15, 0.2) is 0 Å². The summed E-state index contributed by atoms with van der Waals surface area (Å²) in [7, 11) is 1.53. The highest BCUT2D eigenvalue weighted by Gasteiger charge is 2.35. The Labute approximate surface area is 196 Å². The van der Waals surface area contributed by atoms with Gasteiger partial charge in [0.25, 0.3) is 17.7 Å². The lowest BCUT2D eigenvalue weighted by molar-refractivity contribution is 0.0623. The highest BCUT2D eigenvalue weighted by atomic mass is 19.1. The van der Waals surface area contributed by atoms with Crippen LogP contribution < -0.4 is 10.6 Å². The Morgan fingerprint density at radius 2 is 1.71 bits per heavy atom. The van der Waals surface area contributed by atoms with Crippen molar-refractivity contribution in [3.8, 4) is 0 Å². The number of benzene rings is 2. The van der Waals surface area contributed by atoms with Crippen LogP contribution in [0.5, 0.6) is 0 Å². The first-order chi connectivity index (χ1) is 16.0. The van der Waals surface area contributed by atoms with Gasteiger partial charge in [-0.15, -0.1) is 0 Å². The third kappa shape index (κ3) is 5.76. The van der Waals surface area contributed by atoms with E-state index in [1.807, 2.05) is 0 Å². The van der Waals surface area contributed by atoms with Crippen molar-refractivity contribution in [1.82, 2.24) is 4.90 Å². The second-order valence-corrected chi connectivity index (χ2v) is 8.64. The van der Waals surface area contributed by atoms with E-state index in [-0.39, 0.29) is 34.6 Å². The number of imide groups is 1. The minimum atomic E-state index is -0.841. The highest BCUT2D eigenvalue weighted by Crippen LogP contribution is 2.26. The van der Waals surface area contributed by atoms with Crippen molar-refractivity contribution in [2.75, 3.05) is 30.9 Å². The van der Waals surface area contributed by atoms with E-state index in [4.69, 9.17) is 9.47 Å². The van der Waals surface area contributed by atoms with Crippen LogP contribution in [0, 0.1) is 5.82 Å². The number of hydrogen-bond donors (Lipinski definition) is 2. The minimum Gasteiger partial charge on any atom is -0.444 e. The molecule has 0 fully saturated rings. The van der Waals surface area contributed by atoms with Crippen molar-refractivity contribution < 1.29 is 33.0 Å². The number of methoxy groups -OCH3 is 1. The summed E-state index contributed by atoms with van der Waals surface area (Å²) in [5.74, 6) is -2.18. The van der Waals surface area contributed by atoms with Crippen LogP contribution in [-0.2, 0) is 9.47 Å². The molecule has 0 saturated heterocycles. The summed E-state index contributed by atoms with van der Waals surface area (Å²) in [6, 6.07) is 7.88. The molecule has 0 bridgehead atoms. The molecule has 3 rings (SSSR count). The molecular weight excluding hydrogens is 445 g/mol. The molecule has 34 heavy (non-hydrogen) atoms. The second kappa shape index (κ2) is 10.0. The molecule has 0 aromatic heterocycles. The van der Waals surface area contributed by atoms with Crippen LogP contribution in [0.4, 0.5) is 20.6 Å². The first-order valence-electron chi connectivity index (χ1n) is 10.6. The van der Waals surface area contributed by atoms with Crippen molar-refractivity contribution in [3.05, 3.63) is 58.9 Å². The molecule has 0 aliphatic carbocycles. The summed E-state index contributed by atoms with van der Waals surface area (Å²) < 4.78 is 24.2. The summed E-state index contributed by atoms with van der Waals surface area (Å²) in [6.07, 6.45) is -0.341. The zero-order valence-corrected chi connectivity index (χ0v) is 19.4. The molecule has 1 aliphatic heterocycles. The zero-order chi connectivity index (χ0) is 25.0. The minimum absolute atomic E-state index is 0.140. The third-order valence-electron chi connectivity index (χ3n) is 4.82. The molecule has 9 nitrogen and oxygen atoms in total. The van der Waals surface area contributed by atoms with Gasteiger partial charge in [0.2, 0.25) is 0 Å². The average Bonchev–Trinajstić information content (AvgIpc) is 2.99. The van der Waals surface area contributed by atoms with Gasteiger partial charge in [-0.3, -0.25) is 24.6 Å². The molecule has 0 saturated carbocycles. The van der Waals surface area contributed by atoms with Crippen LogP contribution >= 0.6 is 0 Å². The van der Waals surface area contributed by atoms with E-state index < -0.39 is 35.2 Å². The number of amides is 4. The van der Waals surface area contributed by atoms with Crippen LogP contribution in [0.15, 0.2) is 36.4 Å². The Hall–Kier alpha value is -3.79. The van der Waals surface area contributed by atoms with Crippen molar-refractivity contribution in [1.29, 1.82) is 0 Å². The average molecular weight is 471 g/mol. The molecule has 0 spiro atoms. The highest BCUT2D eigenvalue weighted by molar-refractivity contribution is 6.22. The maximum atomic E-state index is 14.1. The molecular formula is C24H26FN3O6. The predicted octanol–water partition coefficient (Wildman–Crippen LogP) is 4.06. The van der Waals surface area contributed by atoms with Gasteiger partial charge in [-0.25, -0.2) is 9.18 Å². The summed E-state index contributed by atoms with van der Waals surface area (Å²) in [5, 5.41) is 4.90. The van der Waals surface area contributed by atoms with E-state index in [0.29, 0.717) is 13.0 Å². The third-order valence-corrected chi connectivity index (χ3v) is 4.82. The van der Waals surface area contributed by atoms with Crippen LogP contribution in [0.1, 0.15) is 58.3 Å². The smallest absolute Gasteiger partial charge is 0.412 e. The summed E-state index contributed by atoms with van der Waals surface area (Å²) in [5.41, 5.74) is -0.219. The van der Waals surface area contributed by atoms with Gasteiger partial charge in [-0.05, 0) is 63.6 Å². The summed E-state index contributed by atoms with van der Waals surface area (Å²) in [6.45, 7) is 5.64. The van der Waals surface area contributed by atoms with Gasteiger partial charge in [0, 0.05) is 31.5 Å². The topological polar surface area (TPSA) is 114 Å². The number of fused-ring (bicyclic) bond motifs is 1. The lowest BCUT2D eigenvalue weighted by atomic mass is 10.1. The Bertz CT molecular complexity index is 1140. The Morgan fingerprint density at radius 3 is 2.38 bits per heavy atom. The van der Waals surface area contributed by atoms with Crippen LogP contribution in [-0.4, -0.2) is 54.6 Å². The van der Waals surface area contributed by atoms with Crippen LogP contribution in [0.25, 0.3) is 0 Å². The SMILES string of the molecule is COCCCN1C(=O)c2ccc(C(=O)Nc3ccc(F)c(NC(=O)OC(C)(C)C)c3)cc2C1=O. The van der Waals surface area contributed by atoms with Crippen molar-refractivity contribution in [2.24, 2.45) is 0 Å². The molecule has 1 heterocycles. The molecule has 1 aliphatic rings. The second-order valence-electron chi connectivity index (χ2n) is 8.64. The molecule has 2 aromatic carbocycles. The monoisotopic (exact) mass is 471 g/mol. The molecule has 0 atom stereocenters. The van der Waals surface area contributed by atoms with E-state index in [0.717, 1.165) is 11.0 Å². The lowest BCUT2D eigenvalue weighted by Crippen LogP contribution is -2.31. The number of rotatable bonds is 7. The number of nitrogens with zero attached hydrogens (tertiary/aromatic N) is 1. The molecule has 4 amide bonds. The number of ether oxygens (including phenoxy) is 2. The predicted molar refractivity (Wildman–Crippen MR) is 123 cm³/mol. The zero-order valence-electron chi connectivity index (χ0n) is 19.4. The molecule has 0 radical (unpaired) electrons. The molecule has 0 unspecified atom stereocenters. The number of anilines is 2. The van der Waals surface area contributed by atoms with Crippen LogP contribution in [0.2, 0.25) is 0 Å². The van der Waals surface area contributed by atoms with Gasteiger partial charge in [0.1, 0.15) is 11.4 Å². The maximum absolute atomic E-state index is 14.1. The van der Waals surface area contributed by atoms with Gasteiger partial charge >= 0.3 is 6.09 Å². The number of hydrogen-bond acceptors (Lipinski definition) is 6. The standard InChI is InChI=1S/C24H26FN3O6/c1-24(2,3)34-23(32)27-19-13-15(7-9-18(19)25)26-20(29)14-6-8-16-17(12-14)22(31)28(21(16)30)10-5-11-33-4/h6-9,12-13H,5,10-11H2,1-4H3,(H,26,29)(H,27,32). The van der Waals surface area contributed by atoms with E-state index >= 15 is 0 Å². The van der Waals surface area contributed by atoms with Gasteiger partial charge < -0.3 is 14.8 Å². The van der Waals surface area contributed by atoms with E-state index in [1.165, 1.54) is 37.4 Å². The van der Waals surface area contributed by atoms with E-state index in [2.05, 4.69) is 10.6 Å². The largest absolute Gasteiger partial charge is 0.444 e. The molecule has 180 valence electrons. The Balaban J connectivity index is 1.73. The van der Waals surface area contributed by atoms with Crippen molar-refractivity contribution >= 4 is 35.2 Å². The van der Waals surface area contributed by atoms with E-state index in [1.54, 1.807) is 20.8 Å². The Morgan fingerprint density at radius 1 is 1.00 bits per heavy atom. The number of carbonyl (C=O) groups excluding carboxylic acids is 4. The first-order valence-corrected chi connectivity index (χ1v) is 10.6. The van der Waals surface area contributed by atoms with Gasteiger partial charge in [-0.1, -0.05) is 0 Å². The number of carbonyl (C=O) groups is 4. The summed E-state index contributed by atoms with van der Waals surface area (Å²) in [4.78, 5) is 51.0. The van der Waals surface area contributed by atoms with Gasteiger partial charge in [0.05, 0.1) is 16.8 Å². The maximum Gasteiger partial charge on any atom is 0.412 e. The Kier molecular flexibility index (Phi) is 7.31. The first kappa shape index (κ1) is 24.8. The fourth-order valence-corrected chi connectivity index (χ4v) is 3.32. The van der Waals surface area contributed by atoms with Gasteiger partial charge in [-0.2, -0.15) is 0 Å². The van der Waals surface area contributed by atoms with Crippen molar-refractivity contribution in [3.63, 3.8) is 0 Å². The summed E-state index contributed by atoms with van der Waals surface area (Å²) >= 11 is 0. The van der Waals surface area contributed by atoms with Crippen LogP contribution in [0.3, 0.4) is 0 Å². The quantitative estimate of drug-likeness (QED) is 0.465. The fraction of sp³-hybridized carbons (Fsp3) is 0.333. The number of nitrogens with one attached hydrogen (secondary N) is 2. The molecule has 10 heteroatoms. The van der Waals surface area contributed by atoms with Crippen molar-refractivity contribution in [2.45, 2.75) is 32.8 Å². The normalized spacial score (nSPS) is 13.0.